The minimum Gasteiger partial charge on any atom is -0.282 e. The van der Waals surface area contributed by atoms with E-state index < -0.39 is 10.0 Å². The van der Waals surface area contributed by atoms with Crippen molar-refractivity contribution in [2.24, 2.45) is 5.92 Å². The molecule has 5 heteroatoms. The first-order valence-corrected chi connectivity index (χ1v) is 8.26. The first-order valence-electron chi connectivity index (χ1n) is 5.99. The highest BCUT2D eigenvalue weighted by atomic mass is 35.5. The van der Waals surface area contributed by atoms with Gasteiger partial charge in [0.05, 0.1) is 11.9 Å². The molecule has 19 heavy (non-hydrogen) atoms. The number of terminal acetylenes is 1. The minimum absolute atomic E-state index is 0.350. The molecule has 0 atom stereocenters. The molecule has 104 valence electrons. The highest BCUT2D eigenvalue weighted by molar-refractivity contribution is 7.92. The molecule has 0 spiro atoms. The Labute approximate surface area is 120 Å². The van der Waals surface area contributed by atoms with Crippen LogP contribution in [-0.4, -0.2) is 14.7 Å². The van der Waals surface area contributed by atoms with E-state index in [0.717, 1.165) is 24.7 Å². The molecule has 3 nitrogen and oxygen atoms in total. The van der Waals surface area contributed by atoms with Crippen LogP contribution in [0.15, 0.2) is 12.1 Å². The molecule has 1 rings (SSSR count). The van der Waals surface area contributed by atoms with Crippen LogP contribution in [0.1, 0.15) is 31.4 Å². The Kier molecular flexibility index (Phi) is 5.28. The van der Waals surface area contributed by atoms with E-state index >= 15 is 0 Å². The quantitative estimate of drug-likeness (QED) is 0.848. The fraction of sp³-hybridized carbons (Fsp3) is 0.429. The number of nitrogens with one attached hydrogen (secondary N) is 1. The first-order chi connectivity index (χ1) is 8.73. The van der Waals surface area contributed by atoms with Gasteiger partial charge in [0, 0.05) is 10.6 Å². The smallest absolute Gasteiger partial charge is 0.229 e. The van der Waals surface area contributed by atoms with Crippen molar-refractivity contribution in [3.8, 4) is 12.3 Å². The van der Waals surface area contributed by atoms with Crippen molar-refractivity contribution in [1.29, 1.82) is 0 Å². The van der Waals surface area contributed by atoms with E-state index in [0.29, 0.717) is 22.2 Å². The van der Waals surface area contributed by atoms with Crippen LogP contribution in [0.4, 0.5) is 5.69 Å². The summed E-state index contributed by atoms with van der Waals surface area (Å²) in [6.45, 7) is 4.27. The third-order valence-corrected chi connectivity index (χ3v) is 3.57. The van der Waals surface area contributed by atoms with Crippen molar-refractivity contribution in [1.82, 2.24) is 0 Å². The Hall–Kier alpha value is -1.18. The highest BCUT2D eigenvalue weighted by Gasteiger charge is 2.11. The number of benzene rings is 1. The van der Waals surface area contributed by atoms with Crippen LogP contribution >= 0.6 is 11.6 Å². The van der Waals surface area contributed by atoms with Crippen LogP contribution in [0.3, 0.4) is 0 Å². The maximum Gasteiger partial charge on any atom is 0.229 e. The Balaban J connectivity index is 3.11. The van der Waals surface area contributed by atoms with Crippen LogP contribution < -0.4 is 4.72 Å². The summed E-state index contributed by atoms with van der Waals surface area (Å²) in [5.74, 6) is 3.06. The molecule has 0 saturated carbocycles. The fourth-order valence-corrected chi connectivity index (χ4v) is 2.48. The zero-order chi connectivity index (χ0) is 14.6. The second-order valence-corrected chi connectivity index (χ2v) is 7.10. The third kappa shape index (κ3) is 5.14. The summed E-state index contributed by atoms with van der Waals surface area (Å²) < 4.78 is 24.9. The maximum absolute atomic E-state index is 11.3. The summed E-state index contributed by atoms with van der Waals surface area (Å²) in [5.41, 5.74) is 1.80. The van der Waals surface area contributed by atoms with Crippen molar-refractivity contribution in [3.05, 3.63) is 28.3 Å². The molecule has 0 unspecified atom stereocenters. The predicted molar refractivity (Wildman–Crippen MR) is 81.0 cm³/mol. The lowest BCUT2D eigenvalue weighted by atomic mass is 10.0. The summed E-state index contributed by atoms with van der Waals surface area (Å²) in [5, 5.41) is 0.533. The number of aryl methyl sites for hydroxylation is 1. The van der Waals surface area contributed by atoms with Crippen LogP contribution in [0.25, 0.3) is 0 Å². The molecule has 0 amide bonds. The highest BCUT2D eigenvalue weighted by Crippen LogP contribution is 2.27. The molecule has 0 saturated heterocycles. The number of anilines is 1. The molecule has 1 aromatic rings. The van der Waals surface area contributed by atoms with Gasteiger partial charge in [-0.05, 0) is 36.5 Å². The van der Waals surface area contributed by atoms with Crippen molar-refractivity contribution in [2.75, 3.05) is 11.0 Å². The van der Waals surface area contributed by atoms with Crippen LogP contribution in [0.5, 0.6) is 0 Å². The van der Waals surface area contributed by atoms with Crippen molar-refractivity contribution < 1.29 is 8.42 Å². The Bertz CT molecular complexity index is 601. The average molecular weight is 300 g/mol. The van der Waals surface area contributed by atoms with Gasteiger partial charge >= 0.3 is 0 Å². The average Bonchev–Trinajstić information content (AvgIpc) is 2.25. The lowest BCUT2D eigenvalue weighted by Gasteiger charge is -2.12. The maximum atomic E-state index is 11.3. The summed E-state index contributed by atoms with van der Waals surface area (Å²) in [7, 11) is -3.37. The second-order valence-electron chi connectivity index (χ2n) is 4.94. The lowest BCUT2D eigenvalue weighted by Crippen LogP contribution is -2.11. The molecule has 0 aromatic heterocycles. The van der Waals surface area contributed by atoms with Crippen molar-refractivity contribution >= 4 is 27.3 Å². The molecule has 0 heterocycles. The van der Waals surface area contributed by atoms with E-state index in [1.54, 1.807) is 12.1 Å². The number of halogens is 1. The van der Waals surface area contributed by atoms with Gasteiger partial charge in [0.15, 0.2) is 0 Å². The largest absolute Gasteiger partial charge is 0.282 e. The van der Waals surface area contributed by atoms with Gasteiger partial charge in [-0.3, -0.25) is 4.72 Å². The first kappa shape index (κ1) is 15.9. The SMILES string of the molecule is C#Cc1cc(CCC(C)C)c(Cl)cc1NS(C)(=O)=O. The zero-order valence-electron chi connectivity index (χ0n) is 11.3. The van der Waals surface area contributed by atoms with E-state index in [2.05, 4.69) is 24.5 Å². The van der Waals surface area contributed by atoms with E-state index in [9.17, 15) is 8.42 Å². The molecule has 0 aliphatic carbocycles. The topological polar surface area (TPSA) is 46.2 Å². The minimum atomic E-state index is -3.37. The van der Waals surface area contributed by atoms with Crippen molar-refractivity contribution in [2.45, 2.75) is 26.7 Å². The Morgan fingerprint density at radius 1 is 1.42 bits per heavy atom. The van der Waals surface area contributed by atoms with E-state index in [1.165, 1.54) is 0 Å². The predicted octanol–water partition coefficient (Wildman–Crippen LogP) is 3.28. The third-order valence-electron chi connectivity index (χ3n) is 2.63. The lowest BCUT2D eigenvalue weighted by molar-refractivity contribution is 0.587. The standard InChI is InChI=1S/C14H18ClNO2S/c1-5-11-8-12(7-6-10(2)3)13(15)9-14(11)16-19(4,17)18/h1,8-10,16H,6-7H2,2-4H3. The molecular formula is C14H18ClNO2S. The monoisotopic (exact) mass is 299 g/mol. The summed E-state index contributed by atoms with van der Waals surface area (Å²) in [4.78, 5) is 0. The van der Waals surface area contributed by atoms with Crippen LogP contribution in [-0.2, 0) is 16.4 Å². The molecule has 0 bridgehead atoms. The van der Waals surface area contributed by atoms with E-state index in [4.69, 9.17) is 18.0 Å². The number of hydrogen-bond acceptors (Lipinski definition) is 2. The van der Waals surface area contributed by atoms with E-state index in [-0.39, 0.29) is 0 Å². The summed E-state index contributed by atoms with van der Waals surface area (Å²) in [6.07, 6.45) is 8.32. The van der Waals surface area contributed by atoms with Gasteiger partial charge in [-0.15, -0.1) is 6.42 Å². The molecule has 0 aliphatic rings. The molecule has 0 radical (unpaired) electrons. The van der Waals surface area contributed by atoms with Crippen LogP contribution in [0.2, 0.25) is 5.02 Å². The van der Waals surface area contributed by atoms with Gasteiger partial charge < -0.3 is 0 Å². The molecular weight excluding hydrogens is 282 g/mol. The Morgan fingerprint density at radius 3 is 2.53 bits per heavy atom. The summed E-state index contributed by atoms with van der Waals surface area (Å²) in [6, 6.07) is 3.35. The van der Waals surface area contributed by atoms with Gasteiger partial charge in [-0.1, -0.05) is 31.4 Å². The second kappa shape index (κ2) is 6.31. The molecule has 0 fully saturated rings. The van der Waals surface area contributed by atoms with Gasteiger partial charge in [0.25, 0.3) is 0 Å². The number of hydrogen-bond donors (Lipinski definition) is 1. The van der Waals surface area contributed by atoms with Gasteiger partial charge in [-0.25, -0.2) is 8.42 Å². The number of sulfonamides is 1. The zero-order valence-corrected chi connectivity index (χ0v) is 12.9. The van der Waals surface area contributed by atoms with Crippen LogP contribution in [0, 0.1) is 18.3 Å². The van der Waals surface area contributed by atoms with Gasteiger partial charge in [0.1, 0.15) is 0 Å². The normalized spacial score (nSPS) is 11.4. The Morgan fingerprint density at radius 2 is 2.05 bits per heavy atom. The van der Waals surface area contributed by atoms with Gasteiger partial charge in [0.2, 0.25) is 10.0 Å². The molecule has 1 aromatic carbocycles. The summed E-state index contributed by atoms with van der Waals surface area (Å²) >= 11 is 6.17. The van der Waals surface area contributed by atoms with Gasteiger partial charge in [-0.2, -0.15) is 0 Å². The van der Waals surface area contributed by atoms with E-state index in [1.807, 2.05) is 0 Å². The number of rotatable bonds is 5. The molecule has 0 aliphatic heterocycles. The fourth-order valence-electron chi connectivity index (χ4n) is 1.66. The molecule has 1 N–H and O–H groups in total. The van der Waals surface area contributed by atoms with Crippen molar-refractivity contribution in [3.63, 3.8) is 0 Å².